The van der Waals surface area contributed by atoms with Gasteiger partial charge < -0.3 is 14.4 Å². The summed E-state index contributed by atoms with van der Waals surface area (Å²) in [5, 5.41) is 0. The lowest BCUT2D eigenvalue weighted by Gasteiger charge is -2.30. The maximum Gasteiger partial charge on any atom is 0.261 e. The van der Waals surface area contributed by atoms with Gasteiger partial charge >= 0.3 is 0 Å². The van der Waals surface area contributed by atoms with Crippen molar-refractivity contribution in [1.82, 2.24) is 9.80 Å². The van der Waals surface area contributed by atoms with Gasteiger partial charge in [-0.2, -0.15) is 0 Å². The van der Waals surface area contributed by atoms with E-state index in [1.807, 2.05) is 24.3 Å². The molecule has 7 heteroatoms. The molecule has 0 saturated carbocycles. The van der Waals surface area contributed by atoms with Crippen LogP contribution in [-0.4, -0.2) is 53.8 Å². The zero-order chi connectivity index (χ0) is 21.4. The number of hydrogen-bond donors (Lipinski definition) is 0. The SMILES string of the molecule is O=C1Cc2ccccc2C(=O)N1CC(=O)N1CCC[C@H]1c1ccc2c(c1)OCCCO2. The smallest absolute Gasteiger partial charge is 0.261 e. The third kappa shape index (κ3) is 3.65. The highest BCUT2D eigenvalue weighted by Gasteiger charge is 2.36. The van der Waals surface area contributed by atoms with Crippen LogP contribution in [0, 0.1) is 0 Å². The van der Waals surface area contributed by atoms with Gasteiger partial charge in [0.25, 0.3) is 5.91 Å². The average Bonchev–Trinajstić information content (AvgIpc) is 3.15. The maximum absolute atomic E-state index is 13.2. The van der Waals surface area contributed by atoms with Crippen molar-refractivity contribution in [2.75, 3.05) is 26.3 Å². The number of imide groups is 1. The summed E-state index contributed by atoms with van der Waals surface area (Å²) in [4.78, 5) is 41.4. The Bertz CT molecular complexity index is 1050. The first-order valence-corrected chi connectivity index (χ1v) is 10.7. The van der Waals surface area contributed by atoms with E-state index in [9.17, 15) is 14.4 Å². The highest BCUT2D eigenvalue weighted by Crippen LogP contribution is 2.38. The van der Waals surface area contributed by atoms with Gasteiger partial charge in [-0.15, -0.1) is 0 Å². The number of benzene rings is 2. The number of hydrogen-bond acceptors (Lipinski definition) is 5. The molecular formula is C24H24N2O5. The summed E-state index contributed by atoms with van der Waals surface area (Å²) in [5.74, 6) is 0.484. The van der Waals surface area contributed by atoms with E-state index in [0.717, 1.165) is 35.5 Å². The molecule has 0 aromatic heterocycles. The minimum atomic E-state index is -0.397. The molecule has 160 valence electrons. The highest BCUT2D eigenvalue weighted by atomic mass is 16.5. The summed E-state index contributed by atoms with van der Waals surface area (Å²) in [7, 11) is 0. The Morgan fingerprint density at radius 2 is 1.81 bits per heavy atom. The van der Waals surface area contributed by atoms with E-state index in [-0.39, 0.29) is 30.8 Å². The lowest BCUT2D eigenvalue weighted by atomic mass is 9.98. The minimum absolute atomic E-state index is 0.105. The van der Waals surface area contributed by atoms with Crippen LogP contribution >= 0.6 is 0 Å². The van der Waals surface area contributed by atoms with Crippen LogP contribution in [0.2, 0.25) is 0 Å². The molecule has 7 nitrogen and oxygen atoms in total. The van der Waals surface area contributed by atoms with Crippen molar-refractivity contribution in [2.24, 2.45) is 0 Å². The molecule has 0 N–H and O–H groups in total. The zero-order valence-electron chi connectivity index (χ0n) is 17.2. The Morgan fingerprint density at radius 1 is 1.00 bits per heavy atom. The summed E-state index contributed by atoms with van der Waals surface area (Å²) in [6.45, 7) is 1.60. The van der Waals surface area contributed by atoms with Crippen LogP contribution in [0.25, 0.3) is 0 Å². The van der Waals surface area contributed by atoms with Crippen LogP contribution in [0.4, 0.5) is 0 Å². The normalized spacial score (nSPS) is 20.5. The van der Waals surface area contributed by atoms with Gasteiger partial charge in [-0.05, 0) is 42.2 Å². The standard InChI is InChI=1S/C24H24N2O5/c27-22-14-16-5-1-2-6-18(16)24(29)26(22)15-23(28)25-10-3-7-19(25)17-8-9-20-21(13-17)31-12-4-11-30-20/h1-2,5-6,8-9,13,19H,3-4,7,10-12,14-15H2/t19-/m0/s1. The van der Waals surface area contributed by atoms with Gasteiger partial charge in [0.05, 0.1) is 25.7 Å². The summed E-state index contributed by atoms with van der Waals surface area (Å²) < 4.78 is 11.5. The van der Waals surface area contributed by atoms with Gasteiger partial charge in [0.2, 0.25) is 11.8 Å². The molecule has 1 atom stereocenters. The largest absolute Gasteiger partial charge is 0.490 e. The van der Waals surface area contributed by atoms with Gasteiger partial charge in [-0.25, -0.2) is 0 Å². The van der Waals surface area contributed by atoms with Crippen LogP contribution in [0.5, 0.6) is 11.5 Å². The fraction of sp³-hybridized carbons (Fsp3) is 0.375. The molecule has 0 radical (unpaired) electrons. The molecule has 0 bridgehead atoms. The number of nitrogens with zero attached hydrogens (tertiary/aromatic N) is 2. The van der Waals surface area contributed by atoms with Crippen molar-refractivity contribution in [1.29, 1.82) is 0 Å². The van der Waals surface area contributed by atoms with Crippen molar-refractivity contribution >= 4 is 17.7 Å². The second kappa shape index (κ2) is 8.06. The van der Waals surface area contributed by atoms with E-state index in [4.69, 9.17) is 9.47 Å². The summed E-state index contributed by atoms with van der Waals surface area (Å²) >= 11 is 0. The van der Waals surface area contributed by atoms with Crippen LogP contribution in [0.3, 0.4) is 0 Å². The number of carbonyl (C=O) groups is 3. The number of carbonyl (C=O) groups excluding carboxylic acids is 3. The van der Waals surface area contributed by atoms with E-state index >= 15 is 0 Å². The number of ether oxygens (including phenoxy) is 2. The molecule has 2 aromatic rings. The van der Waals surface area contributed by atoms with E-state index in [1.54, 1.807) is 23.1 Å². The summed E-state index contributed by atoms with van der Waals surface area (Å²) in [5.41, 5.74) is 2.19. The fourth-order valence-corrected chi connectivity index (χ4v) is 4.59. The van der Waals surface area contributed by atoms with E-state index in [1.165, 1.54) is 0 Å². The van der Waals surface area contributed by atoms with Crippen LogP contribution in [-0.2, 0) is 16.0 Å². The molecule has 2 aromatic carbocycles. The molecule has 0 unspecified atom stereocenters. The summed E-state index contributed by atoms with van der Waals surface area (Å²) in [6, 6.07) is 12.8. The Labute approximate surface area is 180 Å². The van der Waals surface area contributed by atoms with E-state index < -0.39 is 5.91 Å². The Hall–Kier alpha value is -3.35. The van der Waals surface area contributed by atoms with Crippen molar-refractivity contribution in [2.45, 2.75) is 31.7 Å². The predicted molar refractivity (Wildman–Crippen MR) is 112 cm³/mol. The van der Waals surface area contributed by atoms with E-state index in [0.29, 0.717) is 36.6 Å². The maximum atomic E-state index is 13.2. The second-order valence-corrected chi connectivity index (χ2v) is 8.12. The first-order chi connectivity index (χ1) is 15.1. The topological polar surface area (TPSA) is 76.2 Å². The number of rotatable bonds is 3. The first kappa shape index (κ1) is 19.6. The van der Waals surface area contributed by atoms with Gasteiger partial charge in [0.15, 0.2) is 11.5 Å². The zero-order valence-corrected chi connectivity index (χ0v) is 17.2. The van der Waals surface area contributed by atoms with Gasteiger partial charge in [0.1, 0.15) is 6.54 Å². The minimum Gasteiger partial charge on any atom is -0.490 e. The Morgan fingerprint density at radius 3 is 2.68 bits per heavy atom. The van der Waals surface area contributed by atoms with Crippen LogP contribution in [0.15, 0.2) is 42.5 Å². The third-order valence-electron chi connectivity index (χ3n) is 6.16. The predicted octanol–water partition coefficient (Wildman–Crippen LogP) is 2.74. The van der Waals surface area contributed by atoms with Gasteiger partial charge in [-0.1, -0.05) is 24.3 Å². The average molecular weight is 420 g/mol. The number of amides is 3. The van der Waals surface area contributed by atoms with Crippen molar-refractivity contribution in [3.8, 4) is 11.5 Å². The first-order valence-electron chi connectivity index (χ1n) is 10.7. The van der Waals surface area contributed by atoms with Crippen LogP contribution in [0.1, 0.15) is 46.8 Å². The lowest BCUT2D eigenvalue weighted by Crippen LogP contribution is -2.48. The van der Waals surface area contributed by atoms with Crippen molar-refractivity contribution in [3.05, 3.63) is 59.2 Å². The molecule has 1 saturated heterocycles. The monoisotopic (exact) mass is 420 g/mol. The highest BCUT2D eigenvalue weighted by molar-refractivity contribution is 6.11. The molecule has 0 aliphatic carbocycles. The molecular weight excluding hydrogens is 396 g/mol. The van der Waals surface area contributed by atoms with Crippen molar-refractivity contribution in [3.63, 3.8) is 0 Å². The number of likely N-dealkylation sites (tertiary alicyclic amines) is 1. The van der Waals surface area contributed by atoms with Gasteiger partial charge in [-0.3, -0.25) is 19.3 Å². The molecule has 1 fully saturated rings. The quantitative estimate of drug-likeness (QED) is 0.714. The third-order valence-corrected chi connectivity index (χ3v) is 6.16. The fourth-order valence-electron chi connectivity index (χ4n) is 4.59. The number of fused-ring (bicyclic) bond motifs is 2. The molecule has 3 heterocycles. The second-order valence-electron chi connectivity index (χ2n) is 8.12. The lowest BCUT2D eigenvalue weighted by molar-refractivity contribution is -0.139. The molecule has 3 amide bonds. The molecule has 31 heavy (non-hydrogen) atoms. The van der Waals surface area contributed by atoms with E-state index in [2.05, 4.69) is 0 Å². The molecule has 0 spiro atoms. The van der Waals surface area contributed by atoms with Gasteiger partial charge in [0, 0.05) is 18.5 Å². The molecule has 5 rings (SSSR count). The Balaban J connectivity index is 1.34. The van der Waals surface area contributed by atoms with Crippen LogP contribution < -0.4 is 9.47 Å². The van der Waals surface area contributed by atoms with Crippen molar-refractivity contribution < 1.29 is 23.9 Å². The molecule has 3 aliphatic heterocycles. The molecule has 3 aliphatic rings. The Kier molecular flexibility index (Phi) is 5.10. The summed E-state index contributed by atoms with van der Waals surface area (Å²) in [6.07, 6.45) is 2.67.